The fourth-order valence-electron chi connectivity index (χ4n) is 4.46. The molecule has 4 heterocycles. The van der Waals surface area contributed by atoms with Crippen molar-refractivity contribution in [2.24, 2.45) is 5.92 Å². The van der Waals surface area contributed by atoms with E-state index < -0.39 is 11.7 Å². The summed E-state index contributed by atoms with van der Waals surface area (Å²) >= 11 is 0. The van der Waals surface area contributed by atoms with Gasteiger partial charge in [0.25, 0.3) is 0 Å². The second-order valence-electron chi connectivity index (χ2n) is 7.26. The van der Waals surface area contributed by atoms with Gasteiger partial charge in [0.2, 0.25) is 5.95 Å². The standard InChI is InChI=1S/C16H22N6O3/c17-15-19-13(21-3-1-4-21)11-14(20-15)22(8-18-11)10-6-9(7-23)12(24)16(10)2-5-25-16/h8-10,12,23-24H,1-7H2,(H2,17,19,20)/t9?,10?,12?,16-/m0/s1. The summed E-state index contributed by atoms with van der Waals surface area (Å²) in [5.41, 5.74) is 6.68. The minimum Gasteiger partial charge on any atom is -0.396 e. The van der Waals surface area contributed by atoms with Crippen LogP contribution in [-0.2, 0) is 4.74 Å². The highest BCUT2D eigenvalue weighted by Gasteiger charge is 2.60. The number of fused-ring (bicyclic) bond motifs is 1. The summed E-state index contributed by atoms with van der Waals surface area (Å²) in [7, 11) is 0. The second kappa shape index (κ2) is 5.26. The Balaban J connectivity index is 1.62. The minimum absolute atomic E-state index is 0.0639. The van der Waals surface area contributed by atoms with Gasteiger partial charge in [-0.15, -0.1) is 0 Å². The number of aliphatic hydroxyl groups excluding tert-OH is 2. The Morgan fingerprint density at radius 3 is 2.76 bits per heavy atom. The van der Waals surface area contributed by atoms with Crippen molar-refractivity contribution >= 4 is 22.9 Å². The van der Waals surface area contributed by atoms with E-state index in [0.29, 0.717) is 18.7 Å². The maximum atomic E-state index is 10.7. The first-order chi connectivity index (χ1) is 12.1. The fraction of sp³-hybridized carbons (Fsp3) is 0.688. The Morgan fingerprint density at radius 2 is 2.16 bits per heavy atom. The molecule has 0 amide bonds. The molecule has 5 rings (SSSR count). The molecule has 0 aromatic carbocycles. The molecule has 9 heteroatoms. The van der Waals surface area contributed by atoms with Gasteiger partial charge in [0, 0.05) is 32.0 Å². The molecule has 0 bridgehead atoms. The summed E-state index contributed by atoms with van der Waals surface area (Å²) in [6, 6.07) is -0.128. The second-order valence-corrected chi connectivity index (χ2v) is 7.26. The zero-order valence-electron chi connectivity index (χ0n) is 13.9. The largest absolute Gasteiger partial charge is 0.396 e. The van der Waals surface area contributed by atoms with Crippen molar-refractivity contribution in [3.05, 3.63) is 6.33 Å². The van der Waals surface area contributed by atoms with Crippen molar-refractivity contribution in [1.82, 2.24) is 19.5 Å². The number of aliphatic hydroxyl groups is 2. The predicted octanol–water partition coefficient (Wildman–Crippen LogP) is -0.308. The lowest BCUT2D eigenvalue weighted by atomic mass is 9.86. The molecule has 2 saturated heterocycles. The summed E-state index contributed by atoms with van der Waals surface area (Å²) in [4.78, 5) is 15.5. The maximum absolute atomic E-state index is 10.7. The fourth-order valence-corrected chi connectivity index (χ4v) is 4.46. The maximum Gasteiger partial charge on any atom is 0.224 e. The van der Waals surface area contributed by atoms with Crippen molar-refractivity contribution in [2.75, 3.05) is 36.9 Å². The first kappa shape index (κ1) is 15.3. The highest BCUT2D eigenvalue weighted by atomic mass is 16.5. The number of hydrogen-bond acceptors (Lipinski definition) is 8. The van der Waals surface area contributed by atoms with Crippen LogP contribution in [0.2, 0.25) is 0 Å². The molecule has 4 N–H and O–H groups in total. The quantitative estimate of drug-likeness (QED) is 0.692. The van der Waals surface area contributed by atoms with Crippen molar-refractivity contribution < 1.29 is 14.9 Å². The van der Waals surface area contributed by atoms with E-state index in [2.05, 4.69) is 19.9 Å². The molecule has 9 nitrogen and oxygen atoms in total. The van der Waals surface area contributed by atoms with Crippen LogP contribution in [0.5, 0.6) is 0 Å². The van der Waals surface area contributed by atoms with Crippen molar-refractivity contribution in [1.29, 1.82) is 0 Å². The molecule has 3 unspecified atom stereocenters. The van der Waals surface area contributed by atoms with Gasteiger partial charge in [0.1, 0.15) is 5.60 Å². The number of nitrogen functional groups attached to an aromatic ring is 1. The van der Waals surface area contributed by atoms with Gasteiger partial charge in [-0.3, -0.25) is 0 Å². The molecule has 4 atom stereocenters. The Morgan fingerprint density at radius 1 is 1.36 bits per heavy atom. The zero-order valence-corrected chi connectivity index (χ0v) is 13.9. The Labute approximate surface area is 144 Å². The highest BCUT2D eigenvalue weighted by molar-refractivity contribution is 5.85. The first-order valence-corrected chi connectivity index (χ1v) is 8.82. The number of rotatable bonds is 3. The number of anilines is 2. The van der Waals surface area contributed by atoms with E-state index in [1.165, 1.54) is 0 Å². The van der Waals surface area contributed by atoms with E-state index in [1.807, 2.05) is 4.57 Å². The number of imidazole rings is 1. The predicted molar refractivity (Wildman–Crippen MR) is 90.1 cm³/mol. The SMILES string of the molecule is Nc1nc(N2CCC2)c2ncn(C3CC(CO)C(O)[C@]34CCO4)c2n1. The lowest BCUT2D eigenvalue weighted by molar-refractivity contribution is -0.213. The number of ether oxygens (including phenoxy) is 1. The van der Waals surface area contributed by atoms with E-state index in [-0.39, 0.29) is 24.5 Å². The van der Waals surface area contributed by atoms with Gasteiger partial charge >= 0.3 is 0 Å². The normalized spacial score (nSPS) is 34.5. The van der Waals surface area contributed by atoms with Crippen LogP contribution in [-0.4, -0.2) is 67.7 Å². The molecule has 134 valence electrons. The minimum atomic E-state index is -0.692. The Kier molecular flexibility index (Phi) is 3.22. The third-order valence-electron chi connectivity index (χ3n) is 6.05. The average Bonchev–Trinajstić information content (AvgIpc) is 3.03. The molecule has 3 fully saturated rings. The molecule has 2 aliphatic heterocycles. The van der Waals surface area contributed by atoms with E-state index >= 15 is 0 Å². The summed E-state index contributed by atoms with van der Waals surface area (Å²) < 4.78 is 7.81. The average molecular weight is 346 g/mol. The summed E-state index contributed by atoms with van der Waals surface area (Å²) in [6.45, 7) is 2.44. The van der Waals surface area contributed by atoms with Crippen LogP contribution in [0, 0.1) is 5.92 Å². The van der Waals surface area contributed by atoms with E-state index in [1.54, 1.807) is 6.33 Å². The van der Waals surface area contributed by atoms with Crippen LogP contribution in [0.4, 0.5) is 11.8 Å². The van der Waals surface area contributed by atoms with Crippen LogP contribution < -0.4 is 10.6 Å². The van der Waals surface area contributed by atoms with Gasteiger partial charge in [-0.2, -0.15) is 9.97 Å². The lowest BCUT2D eigenvalue weighted by Crippen LogP contribution is -2.55. The summed E-state index contributed by atoms with van der Waals surface area (Å²) in [6.07, 6.45) is 3.56. The van der Waals surface area contributed by atoms with Gasteiger partial charge in [0.15, 0.2) is 17.0 Å². The third kappa shape index (κ3) is 1.97. The van der Waals surface area contributed by atoms with Crippen molar-refractivity contribution in [3.8, 4) is 0 Å². The first-order valence-electron chi connectivity index (χ1n) is 8.82. The number of nitrogens with two attached hydrogens (primary N) is 1. The number of hydrogen-bond donors (Lipinski definition) is 3. The van der Waals surface area contributed by atoms with Gasteiger partial charge in [-0.1, -0.05) is 0 Å². The zero-order chi connectivity index (χ0) is 17.2. The van der Waals surface area contributed by atoms with E-state index in [9.17, 15) is 10.2 Å². The van der Waals surface area contributed by atoms with E-state index in [4.69, 9.17) is 10.5 Å². The summed E-state index contributed by atoms with van der Waals surface area (Å²) in [5.74, 6) is 0.780. The monoisotopic (exact) mass is 346 g/mol. The van der Waals surface area contributed by atoms with Gasteiger partial charge in [-0.25, -0.2) is 4.98 Å². The topological polar surface area (TPSA) is 123 Å². The Bertz CT molecular complexity index is 816. The molecular formula is C16H22N6O3. The van der Waals surface area contributed by atoms with Crippen LogP contribution >= 0.6 is 0 Å². The molecular weight excluding hydrogens is 324 g/mol. The Hall–Kier alpha value is -1.97. The molecule has 2 aromatic heterocycles. The van der Waals surface area contributed by atoms with E-state index in [0.717, 1.165) is 37.3 Å². The molecule has 3 aliphatic rings. The van der Waals surface area contributed by atoms with Crippen LogP contribution in [0.1, 0.15) is 25.3 Å². The van der Waals surface area contributed by atoms with Gasteiger partial charge in [0.05, 0.1) is 25.1 Å². The smallest absolute Gasteiger partial charge is 0.224 e. The van der Waals surface area contributed by atoms with Crippen LogP contribution in [0.25, 0.3) is 11.2 Å². The van der Waals surface area contributed by atoms with Crippen LogP contribution in [0.3, 0.4) is 0 Å². The molecule has 25 heavy (non-hydrogen) atoms. The van der Waals surface area contributed by atoms with Crippen molar-refractivity contribution in [2.45, 2.75) is 37.0 Å². The molecule has 0 radical (unpaired) electrons. The summed E-state index contributed by atoms with van der Waals surface area (Å²) in [5, 5.41) is 20.3. The molecule has 1 aliphatic carbocycles. The molecule has 1 saturated carbocycles. The molecule has 1 spiro atoms. The van der Waals surface area contributed by atoms with Gasteiger partial charge < -0.3 is 30.2 Å². The molecule has 2 aromatic rings. The van der Waals surface area contributed by atoms with Crippen LogP contribution in [0.15, 0.2) is 6.33 Å². The van der Waals surface area contributed by atoms with Gasteiger partial charge in [-0.05, 0) is 12.8 Å². The number of aromatic nitrogens is 4. The van der Waals surface area contributed by atoms with Crippen molar-refractivity contribution in [3.63, 3.8) is 0 Å². The number of nitrogens with zero attached hydrogens (tertiary/aromatic N) is 5. The third-order valence-corrected chi connectivity index (χ3v) is 6.05. The lowest BCUT2D eigenvalue weighted by Gasteiger charge is -2.46. The highest BCUT2D eigenvalue weighted by Crippen LogP contribution is 2.52.